The fraction of sp³-hybridized carbons (Fsp3) is 0.895. The third kappa shape index (κ3) is 6.33. The number of nitrogens with one attached hydrogen (secondary N) is 2. The average Bonchev–Trinajstić information content (AvgIpc) is 3.01. The van der Waals surface area contributed by atoms with E-state index >= 15 is 0 Å². The third-order valence-electron chi connectivity index (χ3n) is 5.26. The van der Waals surface area contributed by atoms with E-state index in [0.29, 0.717) is 12.5 Å². The van der Waals surface area contributed by atoms with Crippen LogP contribution in [-0.4, -0.2) is 49.0 Å². The number of hydrogen-bond donors (Lipinski definition) is 2. The number of nitrogens with zero attached hydrogens (tertiary/aromatic N) is 2. The van der Waals surface area contributed by atoms with E-state index in [0.717, 1.165) is 44.5 Å². The van der Waals surface area contributed by atoms with Gasteiger partial charge < -0.3 is 15.5 Å². The first kappa shape index (κ1) is 19.1. The van der Waals surface area contributed by atoms with Gasteiger partial charge in [0.2, 0.25) is 5.91 Å². The lowest BCUT2D eigenvalue weighted by Crippen LogP contribution is -2.45. The Balaban J connectivity index is 1.83. The minimum Gasteiger partial charge on any atom is -0.357 e. The van der Waals surface area contributed by atoms with Crippen LogP contribution in [0.4, 0.5) is 0 Å². The van der Waals surface area contributed by atoms with Crippen molar-refractivity contribution >= 4 is 11.9 Å². The largest absolute Gasteiger partial charge is 0.357 e. The van der Waals surface area contributed by atoms with Gasteiger partial charge in [-0.2, -0.15) is 0 Å². The van der Waals surface area contributed by atoms with Gasteiger partial charge in [-0.25, -0.2) is 0 Å². The summed E-state index contributed by atoms with van der Waals surface area (Å²) in [5, 5.41) is 6.91. The molecule has 2 fully saturated rings. The molecule has 0 spiro atoms. The quantitative estimate of drug-likeness (QED) is 0.599. The van der Waals surface area contributed by atoms with Gasteiger partial charge in [0.1, 0.15) is 0 Å². The highest BCUT2D eigenvalue weighted by molar-refractivity contribution is 5.80. The Morgan fingerprint density at radius 3 is 2.46 bits per heavy atom. The van der Waals surface area contributed by atoms with Crippen LogP contribution in [0.25, 0.3) is 0 Å². The molecular weight excluding hydrogens is 300 g/mol. The second-order valence-corrected chi connectivity index (χ2v) is 7.25. The zero-order chi connectivity index (χ0) is 17.2. The zero-order valence-corrected chi connectivity index (χ0v) is 15.6. The normalized spacial score (nSPS) is 23.7. The molecule has 1 saturated heterocycles. The molecule has 1 aliphatic heterocycles. The van der Waals surface area contributed by atoms with E-state index < -0.39 is 0 Å². The van der Waals surface area contributed by atoms with Crippen LogP contribution < -0.4 is 10.6 Å². The maximum atomic E-state index is 11.8. The fourth-order valence-corrected chi connectivity index (χ4v) is 3.79. The number of guanidine groups is 1. The number of carbonyl (C=O) groups is 1. The molecule has 5 heteroatoms. The third-order valence-corrected chi connectivity index (χ3v) is 5.26. The lowest BCUT2D eigenvalue weighted by Gasteiger charge is -2.21. The van der Waals surface area contributed by atoms with Crippen molar-refractivity contribution in [3.8, 4) is 0 Å². The summed E-state index contributed by atoms with van der Waals surface area (Å²) in [5.41, 5.74) is 0. The Kier molecular flexibility index (Phi) is 8.40. The fourth-order valence-electron chi connectivity index (χ4n) is 3.79. The van der Waals surface area contributed by atoms with Crippen molar-refractivity contribution in [2.45, 2.75) is 77.7 Å². The van der Waals surface area contributed by atoms with Gasteiger partial charge >= 0.3 is 0 Å². The first-order valence-electron chi connectivity index (χ1n) is 10.1. The predicted molar refractivity (Wildman–Crippen MR) is 100 cm³/mol. The number of likely N-dealkylation sites (tertiary alicyclic amines) is 1. The highest BCUT2D eigenvalue weighted by Crippen LogP contribution is 2.22. The summed E-state index contributed by atoms with van der Waals surface area (Å²) < 4.78 is 0. The van der Waals surface area contributed by atoms with Gasteiger partial charge in [0.25, 0.3) is 0 Å². The Morgan fingerprint density at radius 2 is 1.79 bits per heavy atom. The number of aliphatic imine (C=N–C) groups is 1. The minimum absolute atomic E-state index is 0.260. The number of amides is 1. The highest BCUT2D eigenvalue weighted by atomic mass is 16.2. The molecule has 138 valence electrons. The van der Waals surface area contributed by atoms with Gasteiger partial charge in [-0.1, -0.05) is 39.0 Å². The molecule has 24 heavy (non-hydrogen) atoms. The van der Waals surface area contributed by atoms with Crippen molar-refractivity contribution in [1.82, 2.24) is 15.5 Å². The van der Waals surface area contributed by atoms with E-state index in [9.17, 15) is 4.79 Å². The van der Waals surface area contributed by atoms with Crippen molar-refractivity contribution in [2.75, 3.05) is 26.2 Å². The van der Waals surface area contributed by atoms with E-state index in [1.54, 1.807) is 0 Å². The standard InChI is InChI=1S/C19H36N4O/c1-3-18(24)23-13-12-17(15-23)22-19(20-4-2)21-14-16-10-8-6-5-7-9-11-16/h16-17H,3-15H2,1-2H3,(H2,20,21,22). The summed E-state index contributed by atoms with van der Waals surface area (Å²) in [6.45, 7) is 7.52. The molecule has 5 nitrogen and oxygen atoms in total. The van der Waals surface area contributed by atoms with Crippen LogP contribution in [0.5, 0.6) is 0 Å². The molecular formula is C19H36N4O. The molecule has 0 radical (unpaired) electrons. The summed E-state index contributed by atoms with van der Waals surface area (Å²) in [6.07, 6.45) is 11.2. The topological polar surface area (TPSA) is 56.7 Å². The van der Waals surface area contributed by atoms with Crippen molar-refractivity contribution in [3.05, 3.63) is 0 Å². The smallest absolute Gasteiger partial charge is 0.222 e. The number of rotatable bonds is 5. The number of carbonyl (C=O) groups excluding carboxylic acids is 1. The van der Waals surface area contributed by atoms with Crippen molar-refractivity contribution in [2.24, 2.45) is 10.9 Å². The zero-order valence-electron chi connectivity index (χ0n) is 15.6. The Bertz CT molecular complexity index is 402. The molecule has 1 atom stereocenters. The van der Waals surface area contributed by atoms with Crippen LogP contribution >= 0.6 is 0 Å². The lowest BCUT2D eigenvalue weighted by molar-refractivity contribution is -0.129. The molecule has 1 unspecified atom stereocenters. The molecule has 0 aromatic heterocycles. The summed E-state index contributed by atoms with van der Waals surface area (Å²) in [7, 11) is 0. The summed E-state index contributed by atoms with van der Waals surface area (Å²) in [6, 6.07) is 0.329. The van der Waals surface area contributed by atoms with Gasteiger partial charge in [-0.05, 0) is 32.1 Å². The van der Waals surface area contributed by atoms with Crippen LogP contribution in [0, 0.1) is 5.92 Å². The van der Waals surface area contributed by atoms with Gasteiger partial charge in [-0.15, -0.1) is 0 Å². The summed E-state index contributed by atoms with van der Waals surface area (Å²) in [4.78, 5) is 18.6. The van der Waals surface area contributed by atoms with Crippen LogP contribution in [0.3, 0.4) is 0 Å². The number of hydrogen-bond acceptors (Lipinski definition) is 2. The van der Waals surface area contributed by atoms with E-state index in [1.807, 2.05) is 11.8 Å². The van der Waals surface area contributed by atoms with E-state index in [4.69, 9.17) is 4.99 Å². The van der Waals surface area contributed by atoms with Gasteiger partial charge in [0, 0.05) is 38.6 Å². The highest BCUT2D eigenvalue weighted by Gasteiger charge is 2.25. The summed E-state index contributed by atoms with van der Waals surface area (Å²) in [5.74, 6) is 1.92. The molecule has 0 bridgehead atoms. The average molecular weight is 337 g/mol. The predicted octanol–water partition coefficient (Wildman–Crippen LogP) is 2.91. The maximum Gasteiger partial charge on any atom is 0.222 e. The molecule has 0 aromatic rings. The van der Waals surface area contributed by atoms with Gasteiger partial charge in [-0.3, -0.25) is 9.79 Å². The SMILES string of the molecule is CCNC(=NCC1CCCCCCC1)NC1CCN(C(=O)CC)C1. The van der Waals surface area contributed by atoms with Gasteiger partial charge in [0.15, 0.2) is 5.96 Å². The second-order valence-electron chi connectivity index (χ2n) is 7.25. The lowest BCUT2D eigenvalue weighted by atomic mass is 9.91. The molecule has 2 N–H and O–H groups in total. The van der Waals surface area contributed by atoms with E-state index in [-0.39, 0.29) is 5.91 Å². The molecule has 2 rings (SSSR count). The van der Waals surface area contributed by atoms with Crippen LogP contribution in [0.1, 0.15) is 71.6 Å². The first-order valence-corrected chi connectivity index (χ1v) is 10.1. The maximum absolute atomic E-state index is 11.8. The molecule has 1 amide bonds. The minimum atomic E-state index is 0.260. The molecule has 1 aliphatic carbocycles. The first-order chi connectivity index (χ1) is 11.7. The van der Waals surface area contributed by atoms with Crippen molar-refractivity contribution in [3.63, 3.8) is 0 Å². The molecule has 1 saturated carbocycles. The molecule has 2 aliphatic rings. The summed E-state index contributed by atoms with van der Waals surface area (Å²) >= 11 is 0. The second kappa shape index (κ2) is 10.6. The van der Waals surface area contributed by atoms with E-state index in [1.165, 1.54) is 44.9 Å². The van der Waals surface area contributed by atoms with Crippen molar-refractivity contribution < 1.29 is 4.79 Å². The van der Waals surface area contributed by atoms with Gasteiger partial charge in [0.05, 0.1) is 0 Å². The van der Waals surface area contributed by atoms with Crippen LogP contribution in [-0.2, 0) is 4.79 Å². The molecule has 1 heterocycles. The Labute approximate surface area is 147 Å². The Hall–Kier alpha value is -1.26. The van der Waals surface area contributed by atoms with Crippen LogP contribution in [0.15, 0.2) is 4.99 Å². The monoisotopic (exact) mass is 336 g/mol. The van der Waals surface area contributed by atoms with Crippen molar-refractivity contribution in [1.29, 1.82) is 0 Å². The van der Waals surface area contributed by atoms with E-state index in [2.05, 4.69) is 17.6 Å². The Morgan fingerprint density at radius 1 is 1.08 bits per heavy atom. The van der Waals surface area contributed by atoms with Crippen LogP contribution in [0.2, 0.25) is 0 Å². The molecule has 0 aromatic carbocycles.